The highest BCUT2D eigenvalue weighted by atomic mass is 35.5. The van der Waals surface area contributed by atoms with Crippen molar-refractivity contribution in [2.45, 2.75) is 6.61 Å². The van der Waals surface area contributed by atoms with E-state index in [9.17, 15) is 0 Å². The Morgan fingerprint density at radius 3 is 2.47 bits per heavy atom. The zero-order valence-electron chi connectivity index (χ0n) is 18.1. The highest BCUT2D eigenvalue weighted by Crippen LogP contribution is 2.34. The maximum atomic E-state index is 6.00. The van der Waals surface area contributed by atoms with Gasteiger partial charge in [-0.1, -0.05) is 30.3 Å². The summed E-state index contributed by atoms with van der Waals surface area (Å²) in [6.45, 7) is 2.19. The topological polar surface area (TPSA) is 43.3 Å². The molecule has 164 valence electrons. The summed E-state index contributed by atoms with van der Waals surface area (Å²) in [5, 5.41) is 0. The molecule has 5 nitrogen and oxygen atoms in total. The molecule has 2 aliphatic heterocycles. The predicted molar refractivity (Wildman–Crippen MR) is 130 cm³/mol. The van der Waals surface area contributed by atoms with Crippen LogP contribution in [0.3, 0.4) is 0 Å². The number of aliphatic imine (C=N–C) groups is 1. The fourth-order valence-corrected chi connectivity index (χ4v) is 4.06. The molecule has 0 fully saturated rings. The molecule has 0 spiro atoms. The van der Waals surface area contributed by atoms with Crippen molar-refractivity contribution in [2.75, 3.05) is 27.3 Å². The molecule has 32 heavy (non-hydrogen) atoms. The van der Waals surface area contributed by atoms with Crippen molar-refractivity contribution in [3.63, 3.8) is 0 Å². The van der Waals surface area contributed by atoms with Gasteiger partial charge in [0, 0.05) is 12.1 Å². The van der Waals surface area contributed by atoms with Crippen molar-refractivity contribution in [3.8, 4) is 17.2 Å². The molecule has 0 saturated heterocycles. The summed E-state index contributed by atoms with van der Waals surface area (Å²) in [6.07, 6.45) is 2.25. The van der Waals surface area contributed by atoms with E-state index in [1.165, 1.54) is 16.8 Å². The molecule has 0 atom stereocenters. The number of benzene rings is 3. The first-order valence-electron chi connectivity index (χ1n) is 10.3. The molecule has 0 amide bonds. The fourth-order valence-electron chi connectivity index (χ4n) is 4.06. The minimum Gasteiger partial charge on any atom is -0.493 e. The number of ether oxygens (including phenoxy) is 3. The van der Waals surface area contributed by atoms with Crippen molar-refractivity contribution < 1.29 is 14.2 Å². The van der Waals surface area contributed by atoms with Crippen LogP contribution in [0.25, 0.3) is 11.8 Å². The zero-order chi connectivity index (χ0) is 21.2. The Balaban J connectivity index is 0.00000245. The summed E-state index contributed by atoms with van der Waals surface area (Å²) < 4.78 is 16.7. The number of nitrogens with zero attached hydrogens (tertiary/aromatic N) is 2. The van der Waals surface area contributed by atoms with Gasteiger partial charge in [-0.05, 0) is 59.2 Å². The Morgan fingerprint density at radius 2 is 1.69 bits per heavy atom. The Kier molecular flexibility index (Phi) is 6.37. The molecule has 0 radical (unpaired) electrons. The van der Waals surface area contributed by atoms with Gasteiger partial charge >= 0.3 is 0 Å². The van der Waals surface area contributed by atoms with Crippen LogP contribution in [0.1, 0.15) is 22.3 Å². The number of fused-ring (bicyclic) bond motifs is 3. The van der Waals surface area contributed by atoms with E-state index in [1.54, 1.807) is 14.2 Å². The average molecular weight is 449 g/mol. The molecule has 0 aromatic heterocycles. The molecule has 0 N–H and O–H groups in total. The third-order valence-corrected chi connectivity index (χ3v) is 5.63. The molecule has 0 unspecified atom stereocenters. The molecule has 2 heterocycles. The highest BCUT2D eigenvalue weighted by molar-refractivity contribution is 6.12. The van der Waals surface area contributed by atoms with Gasteiger partial charge in [0.2, 0.25) is 0 Å². The first-order valence-corrected chi connectivity index (χ1v) is 10.3. The van der Waals surface area contributed by atoms with Gasteiger partial charge in [-0.2, -0.15) is 0 Å². The summed E-state index contributed by atoms with van der Waals surface area (Å²) in [4.78, 5) is 7.05. The predicted octanol–water partition coefficient (Wildman–Crippen LogP) is 5.28. The number of halogens is 1. The lowest BCUT2D eigenvalue weighted by Crippen LogP contribution is -2.30. The molecule has 5 rings (SSSR count). The second-order valence-corrected chi connectivity index (χ2v) is 7.48. The Bertz CT molecular complexity index is 1170. The van der Waals surface area contributed by atoms with Gasteiger partial charge in [-0.25, -0.2) is 0 Å². The maximum absolute atomic E-state index is 6.00. The van der Waals surface area contributed by atoms with Crippen LogP contribution in [-0.2, 0) is 6.61 Å². The fraction of sp³-hybridized carbons (Fsp3) is 0.192. The van der Waals surface area contributed by atoms with Crippen LogP contribution < -0.4 is 14.2 Å². The molecule has 0 aliphatic carbocycles. The molecule has 0 bridgehead atoms. The summed E-state index contributed by atoms with van der Waals surface area (Å²) in [5.41, 5.74) is 5.78. The highest BCUT2D eigenvalue weighted by Gasteiger charge is 2.28. The number of amidine groups is 1. The number of methoxy groups -OCH3 is 2. The van der Waals surface area contributed by atoms with E-state index in [1.807, 2.05) is 30.3 Å². The molecule has 3 aromatic carbocycles. The monoisotopic (exact) mass is 448 g/mol. The average Bonchev–Trinajstić information content (AvgIpc) is 3.33. The summed E-state index contributed by atoms with van der Waals surface area (Å²) >= 11 is 0. The SMILES string of the molecule is COc1ccc(COc2ccc(C3=Cc4ccccc4C4=NCCN34)cc2)cc1OC.Cl. The van der Waals surface area contributed by atoms with E-state index in [0.717, 1.165) is 35.8 Å². The number of hydrogen-bond donors (Lipinski definition) is 0. The van der Waals surface area contributed by atoms with Gasteiger partial charge in [0.25, 0.3) is 0 Å². The van der Waals surface area contributed by atoms with Crippen LogP contribution in [0.5, 0.6) is 17.2 Å². The van der Waals surface area contributed by atoms with E-state index in [0.29, 0.717) is 18.1 Å². The Morgan fingerprint density at radius 1 is 0.906 bits per heavy atom. The van der Waals surface area contributed by atoms with Crippen molar-refractivity contribution in [2.24, 2.45) is 4.99 Å². The largest absolute Gasteiger partial charge is 0.493 e. The van der Waals surface area contributed by atoms with Crippen LogP contribution in [0, 0.1) is 0 Å². The molecular formula is C26H25ClN2O3. The van der Waals surface area contributed by atoms with Gasteiger partial charge in [0.15, 0.2) is 11.5 Å². The van der Waals surface area contributed by atoms with Gasteiger partial charge in [-0.3, -0.25) is 4.99 Å². The molecule has 0 saturated carbocycles. The molecule has 2 aliphatic rings. The minimum absolute atomic E-state index is 0. The second-order valence-electron chi connectivity index (χ2n) is 7.48. The third-order valence-electron chi connectivity index (χ3n) is 5.63. The smallest absolute Gasteiger partial charge is 0.161 e. The number of rotatable bonds is 6. The second kappa shape index (κ2) is 9.37. The van der Waals surface area contributed by atoms with Crippen molar-refractivity contribution in [1.29, 1.82) is 0 Å². The minimum atomic E-state index is 0. The van der Waals surface area contributed by atoms with Gasteiger partial charge in [-0.15, -0.1) is 12.4 Å². The maximum Gasteiger partial charge on any atom is 0.161 e. The van der Waals surface area contributed by atoms with Crippen LogP contribution in [0.15, 0.2) is 71.7 Å². The van der Waals surface area contributed by atoms with Gasteiger partial charge in [0.1, 0.15) is 18.2 Å². The van der Waals surface area contributed by atoms with E-state index in [-0.39, 0.29) is 12.4 Å². The van der Waals surface area contributed by atoms with E-state index >= 15 is 0 Å². The lowest BCUT2D eigenvalue weighted by Gasteiger charge is -2.29. The van der Waals surface area contributed by atoms with Crippen LogP contribution in [0.4, 0.5) is 0 Å². The summed E-state index contributed by atoms with van der Waals surface area (Å²) in [5.74, 6) is 3.31. The van der Waals surface area contributed by atoms with Crippen molar-refractivity contribution >= 4 is 30.0 Å². The normalized spacial score (nSPS) is 13.9. The van der Waals surface area contributed by atoms with E-state index < -0.39 is 0 Å². The first kappa shape index (κ1) is 21.8. The lowest BCUT2D eigenvalue weighted by atomic mass is 9.97. The van der Waals surface area contributed by atoms with Crippen LogP contribution in [0.2, 0.25) is 0 Å². The third kappa shape index (κ3) is 4.04. The van der Waals surface area contributed by atoms with Gasteiger partial charge in [0.05, 0.1) is 26.5 Å². The number of hydrogen-bond acceptors (Lipinski definition) is 5. The van der Waals surface area contributed by atoms with Crippen molar-refractivity contribution in [1.82, 2.24) is 4.90 Å². The van der Waals surface area contributed by atoms with Crippen LogP contribution >= 0.6 is 12.4 Å². The molecular weight excluding hydrogens is 424 g/mol. The van der Waals surface area contributed by atoms with E-state index in [4.69, 9.17) is 19.2 Å². The van der Waals surface area contributed by atoms with E-state index in [2.05, 4.69) is 47.4 Å². The Labute approximate surface area is 194 Å². The summed E-state index contributed by atoms with van der Waals surface area (Å²) in [6, 6.07) is 22.5. The van der Waals surface area contributed by atoms with Gasteiger partial charge < -0.3 is 19.1 Å². The van der Waals surface area contributed by atoms with Crippen LogP contribution in [-0.4, -0.2) is 38.0 Å². The molecule has 3 aromatic rings. The zero-order valence-corrected chi connectivity index (χ0v) is 18.9. The molecule has 6 heteroatoms. The lowest BCUT2D eigenvalue weighted by molar-refractivity contribution is 0.304. The van der Waals surface area contributed by atoms with Crippen molar-refractivity contribution in [3.05, 3.63) is 89.0 Å². The first-order chi connectivity index (χ1) is 15.3. The quantitative estimate of drug-likeness (QED) is 0.514. The Hall–Kier alpha value is -3.44. The standard InChI is InChI=1S/C26H24N2O3.ClH/c1-29-24-12-7-18(15-25(24)30-2)17-31-21-10-8-19(9-11-21)23-16-20-5-3-4-6-22(20)26-27-13-14-28(23)26;/h3-12,15-16H,13-14,17H2,1-2H3;1H. The summed E-state index contributed by atoms with van der Waals surface area (Å²) in [7, 11) is 3.27.